The molecule has 3 aromatic rings. The van der Waals surface area contributed by atoms with E-state index in [-0.39, 0.29) is 11.4 Å². The average molecular weight is 292 g/mol. The normalized spacial score (nSPS) is 11.8. The molecular weight excluding hydrogens is 281 g/mol. The maximum Gasteiger partial charge on any atom is 0.417 e. The van der Waals surface area contributed by atoms with E-state index in [0.29, 0.717) is 11.3 Å². The van der Waals surface area contributed by atoms with Crippen molar-refractivity contribution in [1.29, 1.82) is 0 Å². The lowest BCUT2D eigenvalue weighted by Gasteiger charge is -2.12. The fourth-order valence-corrected chi connectivity index (χ4v) is 2.23. The number of fused-ring (bicyclic) bond motifs is 1. The molecule has 0 unspecified atom stereocenters. The molecule has 0 bridgehead atoms. The van der Waals surface area contributed by atoms with Crippen molar-refractivity contribution in [3.05, 3.63) is 54.4 Å². The quantitative estimate of drug-likeness (QED) is 0.713. The van der Waals surface area contributed by atoms with Gasteiger partial charge in [-0.2, -0.15) is 13.2 Å². The Hall–Kier alpha value is -2.50. The highest BCUT2D eigenvalue weighted by Gasteiger charge is 2.34. The van der Waals surface area contributed by atoms with Crippen molar-refractivity contribution < 1.29 is 17.9 Å². The third-order valence-corrected chi connectivity index (χ3v) is 3.21. The minimum atomic E-state index is -4.42. The molecule has 3 nitrogen and oxygen atoms in total. The van der Waals surface area contributed by atoms with Gasteiger partial charge in [0, 0.05) is 17.8 Å². The van der Waals surface area contributed by atoms with E-state index in [2.05, 4.69) is 4.98 Å². The standard InChI is InChI=1S/C15H11F3N2O/c1-21-11-6-7-20-10(8-11)9-19-14(20)12-4-2-3-5-13(12)15(16,17)18/h2-9H,1H3. The van der Waals surface area contributed by atoms with Crippen LogP contribution in [0.25, 0.3) is 16.9 Å². The van der Waals surface area contributed by atoms with Gasteiger partial charge in [-0.05, 0) is 12.1 Å². The van der Waals surface area contributed by atoms with Crippen LogP contribution in [0.2, 0.25) is 0 Å². The molecule has 6 heteroatoms. The number of pyridine rings is 1. The van der Waals surface area contributed by atoms with E-state index < -0.39 is 11.7 Å². The van der Waals surface area contributed by atoms with E-state index in [9.17, 15) is 13.2 Å². The fraction of sp³-hybridized carbons (Fsp3) is 0.133. The summed E-state index contributed by atoms with van der Waals surface area (Å²) in [6, 6.07) is 8.79. The zero-order valence-corrected chi connectivity index (χ0v) is 11.1. The molecule has 0 amide bonds. The van der Waals surface area contributed by atoms with Gasteiger partial charge in [0.1, 0.15) is 11.6 Å². The minimum absolute atomic E-state index is 0.0511. The molecule has 21 heavy (non-hydrogen) atoms. The Bertz CT molecular complexity index is 793. The van der Waals surface area contributed by atoms with E-state index in [0.717, 1.165) is 6.07 Å². The highest BCUT2D eigenvalue weighted by Crippen LogP contribution is 2.36. The summed E-state index contributed by atoms with van der Waals surface area (Å²) in [6.45, 7) is 0. The van der Waals surface area contributed by atoms with Gasteiger partial charge in [-0.3, -0.25) is 4.40 Å². The molecule has 108 valence electrons. The minimum Gasteiger partial charge on any atom is -0.497 e. The molecule has 0 aliphatic heterocycles. The Labute approximate surface area is 118 Å². The Morgan fingerprint density at radius 3 is 2.62 bits per heavy atom. The molecule has 0 aliphatic rings. The van der Waals surface area contributed by atoms with Gasteiger partial charge in [0.05, 0.1) is 24.4 Å². The van der Waals surface area contributed by atoms with Gasteiger partial charge >= 0.3 is 6.18 Å². The molecule has 0 saturated heterocycles. The van der Waals surface area contributed by atoms with Gasteiger partial charge in [-0.15, -0.1) is 0 Å². The van der Waals surface area contributed by atoms with E-state index in [4.69, 9.17) is 4.74 Å². The topological polar surface area (TPSA) is 26.5 Å². The molecule has 0 spiro atoms. The van der Waals surface area contributed by atoms with Crippen molar-refractivity contribution in [3.8, 4) is 17.1 Å². The van der Waals surface area contributed by atoms with Crippen molar-refractivity contribution in [1.82, 2.24) is 9.38 Å². The molecule has 2 heterocycles. The van der Waals surface area contributed by atoms with E-state index in [1.807, 2.05) is 0 Å². The van der Waals surface area contributed by atoms with Crippen LogP contribution in [0, 0.1) is 0 Å². The van der Waals surface area contributed by atoms with Gasteiger partial charge in [-0.1, -0.05) is 18.2 Å². The Morgan fingerprint density at radius 2 is 1.90 bits per heavy atom. The Balaban J connectivity index is 2.22. The maximum absolute atomic E-state index is 13.1. The molecular formula is C15H11F3N2O. The zero-order chi connectivity index (χ0) is 15.0. The SMILES string of the molecule is COc1ccn2c(-c3ccccc3C(F)(F)F)ncc2c1. The molecule has 2 aromatic heterocycles. The molecule has 0 radical (unpaired) electrons. The smallest absolute Gasteiger partial charge is 0.417 e. The lowest BCUT2D eigenvalue weighted by molar-refractivity contribution is -0.137. The molecule has 3 rings (SSSR count). The Kier molecular flexibility index (Phi) is 3.08. The van der Waals surface area contributed by atoms with Crippen molar-refractivity contribution >= 4 is 5.52 Å². The van der Waals surface area contributed by atoms with Crippen molar-refractivity contribution in [3.63, 3.8) is 0 Å². The first-order chi connectivity index (χ1) is 10.0. The van der Waals surface area contributed by atoms with Crippen LogP contribution in [0.4, 0.5) is 13.2 Å². The third kappa shape index (κ3) is 2.33. The number of benzene rings is 1. The first-order valence-electron chi connectivity index (χ1n) is 6.18. The van der Waals surface area contributed by atoms with Crippen LogP contribution in [0.5, 0.6) is 5.75 Å². The van der Waals surface area contributed by atoms with Crippen LogP contribution in [-0.2, 0) is 6.18 Å². The summed E-state index contributed by atoms with van der Waals surface area (Å²) in [4.78, 5) is 4.12. The fourth-order valence-electron chi connectivity index (χ4n) is 2.23. The highest BCUT2D eigenvalue weighted by atomic mass is 19.4. The highest BCUT2D eigenvalue weighted by molar-refractivity contribution is 5.67. The zero-order valence-electron chi connectivity index (χ0n) is 11.1. The molecule has 0 N–H and O–H groups in total. The lowest BCUT2D eigenvalue weighted by Crippen LogP contribution is -2.08. The van der Waals surface area contributed by atoms with Gasteiger partial charge in [0.15, 0.2) is 0 Å². The molecule has 0 fully saturated rings. The predicted molar refractivity (Wildman–Crippen MR) is 72.2 cm³/mol. The van der Waals surface area contributed by atoms with Crippen LogP contribution in [0.15, 0.2) is 48.8 Å². The molecule has 0 aliphatic carbocycles. The summed E-state index contributed by atoms with van der Waals surface area (Å²) >= 11 is 0. The van der Waals surface area contributed by atoms with Crippen LogP contribution in [0.3, 0.4) is 0 Å². The number of alkyl halides is 3. The summed E-state index contributed by atoms with van der Waals surface area (Å²) in [5, 5.41) is 0. The molecule has 0 atom stereocenters. The predicted octanol–water partition coefficient (Wildman–Crippen LogP) is 4.03. The number of hydrogen-bond donors (Lipinski definition) is 0. The number of imidazole rings is 1. The summed E-state index contributed by atoms with van der Waals surface area (Å²) in [7, 11) is 1.53. The monoisotopic (exact) mass is 292 g/mol. The number of aromatic nitrogens is 2. The van der Waals surface area contributed by atoms with Crippen LogP contribution in [-0.4, -0.2) is 16.5 Å². The first-order valence-corrected chi connectivity index (χ1v) is 6.18. The largest absolute Gasteiger partial charge is 0.497 e. The number of halogens is 3. The van der Waals surface area contributed by atoms with Crippen LogP contribution >= 0.6 is 0 Å². The molecule has 1 aromatic carbocycles. The number of nitrogens with zero attached hydrogens (tertiary/aromatic N) is 2. The van der Waals surface area contributed by atoms with Crippen LogP contribution < -0.4 is 4.74 Å². The maximum atomic E-state index is 13.1. The van der Waals surface area contributed by atoms with E-state index in [1.54, 1.807) is 28.8 Å². The van der Waals surface area contributed by atoms with Gasteiger partial charge in [0.2, 0.25) is 0 Å². The van der Waals surface area contributed by atoms with E-state index >= 15 is 0 Å². The lowest BCUT2D eigenvalue weighted by atomic mass is 10.1. The van der Waals surface area contributed by atoms with Gasteiger partial charge in [-0.25, -0.2) is 4.98 Å². The summed E-state index contributed by atoms with van der Waals surface area (Å²) in [6.07, 6.45) is -1.26. The van der Waals surface area contributed by atoms with Crippen LogP contribution in [0.1, 0.15) is 5.56 Å². The first kappa shape index (κ1) is 13.5. The second kappa shape index (κ2) is 4.80. The van der Waals surface area contributed by atoms with Crippen molar-refractivity contribution in [2.24, 2.45) is 0 Å². The Morgan fingerprint density at radius 1 is 1.14 bits per heavy atom. The van der Waals surface area contributed by atoms with Gasteiger partial charge in [0.25, 0.3) is 0 Å². The van der Waals surface area contributed by atoms with Gasteiger partial charge < -0.3 is 4.74 Å². The number of ether oxygens (including phenoxy) is 1. The number of methoxy groups -OCH3 is 1. The summed E-state index contributed by atoms with van der Waals surface area (Å²) in [5.41, 5.74) is 0.0183. The summed E-state index contributed by atoms with van der Waals surface area (Å²) in [5.74, 6) is 0.874. The average Bonchev–Trinajstić information content (AvgIpc) is 2.89. The number of hydrogen-bond acceptors (Lipinski definition) is 2. The van der Waals surface area contributed by atoms with E-state index in [1.165, 1.54) is 25.4 Å². The van der Waals surface area contributed by atoms with Crippen molar-refractivity contribution in [2.75, 3.05) is 7.11 Å². The molecule has 0 saturated carbocycles. The second-order valence-corrected chi connectivity index (χ2v) is 4.49. The van der Waals surface area contributed by atoms with Crippen molar-refractivity contribution in [2.45, 2.75) is 6.18 Å². The second-order valence-electron chi connectivity index (χ2n) is 4.49. The summed E-state index contributed by atoms with van der Waals surface area (Å²) < 4.78 is 46.0. The third-order valence-electron chi connectivity index (χ3n) is 3.21. The number of rotatable bonds is 2.